The molecule has 0 spiro atoms. The summed E-state index contributed by atoms with van der Waals surface area (Å²) in [5.41, 5.74) is 1.43. The van der Waals surface area contributed by atoms with E-state index >= 15 is 0 Å². The molecular formula is C13H15N3O4S. The Morgan fingerprint density at radius 1 is 1.24 bits per heavy atom. The van der Waals surface area contributed by atoms with Crippen molar-refractivity contribution < 1.29 is 18.0 Å². The summed E-state index contributed by atoms with van der Waals surface area (Å²) in [6.45, 7) is 0.0604. The maximum atomic E-state index is 12.0. The van der Waals surface area contributed by atoms with Gasteiger partial charge in [-0.15, -0.1) is 0 Å². The molecule has 0 saturated carbocycles. The Morgan fingerprint density at radius 2 is 1.95 bits per heavy atom. The zero-order valence-corrected chi connectivity index (χ0v) is 12.3. The van der Waals surface area contributed by atoms with Crippen LogP contribution in [0.3, 0.4) is 0 Å². The van der Waals surface area contributed by atoms with Crippen molar-refractivity contribution in [2.24, 2.45) is 0 Å². The van der Waals surface area contributed by atoms with Crippen LogP contribution < -0.4 is 9.62 Å². The molecule has 1 atom stereocenters. The number of sulfonamides is 1. The van der Waals surface area contributed by atoms with Gasteiger partial charge in [0, 0.05) is 0 Å². The number of hydrogen-bond donors (Lipinski definition) is 1. The van der Waals surface area contributed by atoms with Gasteiger partial charge in [0.2, 0.25) is 15.9 Å². The lowest BCUT2D eigenvalue weighted by Gasteiger charge is -2.37. The third kappa shape index (κ3) is 2.35. The lowest BCUT2D eigenvalue weighted by molar-refractivity contribution is -0.126. The van der Waals surface area contributed by atoms with E-state index in [9.17, 15) is 18.0 Å². The van der Waals surface area contributed by atoms with Gasteiger partial charge in [-0.2, -0.15) is 0 Å². The van der Waals surface area contributed by atoms with Crippen LogP contribution in [0.1, 0.15) is 5.56 Å². The Morgan fingerprint density at radius 3 is 2.57 bits per heavy atom. The van der Waals surface area contributed by atoms with E-state index in [1.165, 1.54) is 4.31 Å². The average Bonchev–Trinajstić information content (AvgIpc) is 2.76. The Labute approximate surface area is 122 Å². The predicted octanol–water partition coefficient (Wildman–Crippen LogP) is -0.0709. The van der Waals surface area contributed by atoms with Crippen LogP contribution in [0, 0.1) is 0 Å². The third-order valence-corrected chi connectivity index (χ3v) is 4.88. The van der Waals surface area contributed by atoms with Gasteiger partial charge >= 0.3 is 6.03 Å². The molecule has 1 N–H and O–H groups in total. The van der Waals surface area contributed by atoms with E-state index < -0.39 is 22.1 Å². The molecule has 0 radical (unpaired) electrons. The fourth-order valence-corrected chi connectivity index (χ4v) is 3.80. The summed E-state index contributed by atoms with van der Waals surface area (Å²) in [6, 6.07) is 6.19. The number of para-hydroxylation sites is 1. The van der Waals surface area contributed by atoms with Gasteiger partial charge in [0.25, 0.3) is 0 Å². The van der Waals surface area contributed by atoms with Crippen LogP contribution in [0.4, 0.5) is 10.5 Å². The van der Waals surface area contributed by atoms with E-state index in [1.807, 2.05) is 12.1 Å². The lowest BCUT2D eigenvalue weighted by atomic mass is 9.99. The summed E-state index contributed by atoms with van der Waals surface area (Å²) in [6.07, 6.45) is 1.58. The Kier molecular flexibility index (Phi) is 3.12. The summed E-state index contributed by atoms with van der Waals surface area (Å²) in [7, 11) is -3.47. The molecular weight excluding hydrogens is 294 g/mol. The highest BCUT2D eigenvalue weighted by molar-refractivity contribution is 7.92. The maximum Gasteiger partial charge on any atom is 0.324 e. The van der Waals surface area contributed by atoms with Crippen LogP contribution in [0.15, 0.2) is 24.3 Å². The van der Waals surface area contributed by atoms with Crippen molar-refractivity contribution in [2.75, 3.05) is 23.7 Å². The summed E-state index contributed by atoms with van der Waals surface area (Å²) >= 11 is 0. The van der Waals surface area contributed by atoms with E-state index in [1.54, 1.807) is 12.1 Å². The number of fused-ring (bicyclic) bond motifs is 1. The molecule has 0 unspecified atom stereocenters. The van der Waals surface area contributed by atoms with Gasteiger partial charge in [-0.25, -0.2) is 13.2 Å². The van der Waals surface area contributed by atoms with E-state index in [0.717, 1.165) is 16.7 Å². The molecule has 7 nitrogen and oxygen atoms in total. The zero-order chi connectivity index (χ0) is 15.2. The normalized spacial score (nSPS) is 22.2. The Hall–Kier alpha value is -2.09. The van der Waals surface area contributed by atoms with Crippen LogP contribution >= 0.6 is 0 Å². The van der Waals surface area contributed by atoms with Crippen molar-refractivity contribution in [3.8, 4) is 0 Å². The summed E-state index contributed by atoms with van der Waals surface area (Å²) in [5.74, 6) is -0.321. The fourth-order valence-electron chi connectivity index (χ4n) is 2.83. The van der Waals surface area contributed by atoms with Gasteiger partial charge in [0.15, 0.2) is 0 Å². The SMILES string of the molecule is CS(=O)(=O)N1C[C@H](N2C(=O)CNC2=O)Cc2ccccc21. The first-order chi connectivity index (χ1) is 9.88. The van der Waals surface area contributed by atoms with Gasteiger partial charge in [0.1, 0.15) is 0 Å². The van der Waals surface area contributed by atoms with Crippen molar-refractivity contribution in [3.63, 3.8) is 0 Å². The molecule has 1 aromatic rings. The zero-order valence-electron chi connectivity index (χ0n) is 11.4. The maximum absolute atomic E-state index is 12.0. The highest BCUT2D eigenvalue weighted by Crippen LogP contribution is 2.31. The van der Waals surface area contributed by atoms with Crippen molar-refractivity contribution in [3.05, 3.63) is 29.8 Å². The minimum Gasteiger partial charge on any atom is -0.329 e. The molecule has 1 saturated heterocycles. The monoisotopic (exact) mass is 309 g/mol. The number of urea groups is 1. The quantitative estimate of drug-likeness (QED) is 0.775. The summed E-state index contributed by atoms with van der Waals surface area (Å²) in [5, 5.41) is 2.46. The molecule has 0 bridgehead atoms. The van der Waals surface area contributed by atoms with Crippen LogP contribution in [0.2, 0.25) is 0 Å². The lowest BCUT2D eigenvalue weighted by Crippen LogP contribution is -2.52. The molecule has 1 fully saturated rings. The first-order valence-electron chi connectivity index (χ1n) is 6.53. The number of amides is 3. The number of benzene rings is 1. The smallest absolute Gasteiger partial charge is 0.324 e. The molecule has 1 aromatic carbocycles. The van der Waals surface area contributed by atoms with Crippen LogP contribution in [-0.4, -0.2) is 50.6 Å². The topological polar surface area (TPSA) is 86.8 Å². The average molecular weight is 309 g/mol. The van der Waals surface area contributed by atoms with Crippen molar-refractivity contribution in [1.29, 1.82) is 0 Å². The molecule has 2 heterocycles. The van der Waals surface area contributed by atoms with Crippen molar-refractivity contribution >= 4 is 27.6 Å². The number of imide groups is 1. The molecule has 8 heteroatoms. The number of carbonyl (C=O) groups excluding carboxylic acids is 2. The van der Waals surface area contributed by atoms with Gasteiger partial charge < -0.3 is 5.32 Å². The largest absolute Gasteiger partial charge is 0.329 e. The van der Waals surface area contributed by atoms with Gasteiger partial charge in [-0.05, 0) is 18.1 Å². The van der Waals surface area contributed by atoms with E-state index in [2.05, 4.69) is 5.32 Å². The van der Waals surface area contributed by atoms with Gasteiger partial charge in [0.05, 0.1) is 31.1 Å². The Bertz CT molecular complexity index is 700. The molecule has 2 aliphatic rings. The molecule has 0 aromatic heterocycles. The predicted molar refractivity (Wildman–Crippen MR) is 76.4 cm³/mol. The molecule has 0 aliphatic carbocycles. The number of carbonyl (C=O) groups is 2. The molecule has 112 valence electrons. The van der Waals surface area contributed by atoms with Crippen LogP contribution in [0.25, 0.3) is 0 Å². The van der Waals surface area contributed by atoms with Crippen molar-refractivity contribution in [1.82, 2.24) is 10.2 Å². The number of nitrogens with one attached hydrogen (secondary N) is 1. The van der Waals surface area contributed by atoms with Crippen LogP contribution in [-0.2, 0) is 21.2 Å². The minimum atomic E-state index is -3.47. The van der Waals surface area contributed by atoms with Crippen LogP contribution in [0.5, 0.6) is 0 Å². The second kappa shape index (κ2) is 4.73. The molecule has 2 aliphatic heterocycles. The Balaban J connectivity index is 2.01. The molecule has 21 heavy (non-hydrogen) atoms. The van der Waals surface area contributed by atoms with E-state index in [-0.39, 0.29) is 19.0 Å². The van der Waals surface area contributed by atoms with Gasteiger partial charge in [-0.1, -0.05) is 18.2 Å². The number of anilines is 1. The first-order valence-corrected chi connectivity index (χ1v) is 8.38. The summed E-state index contributed by atoms with van der Waals surface area (Å²) in [4.78, 5) is 24.7. The standard InChI is InChI=1S/C13H15N3O4S/c1-21(19,20)15-8-10(16-12(17)7-14-13(16)18)6-9-4-2-3-5-11(9)15/h2-5,10H,6-8H2,1H3,(H,14,18)/t10-/m1/s1. The minimum absolute atomic E-state index is 0.0319. The second-order valence-electron chi connectivity index (χ2n) is 5.20. The first kappa shape index (κ1) is 13.9. The fraction of sp³-hybridized carbons (Fsp3) is 0.385. The number of hydrogen-bond acceptors (Lipinski definition) is 4. The number of nitrogens with zero attached hydrogens (tertiary/aromatic N) is 2. The third-order valence-electron chi connectivity index (χ3n) is 3.74. The van der Waals surface area contributed by atoms with Crippen molar-refractivity contribution in [2.45, 2.75) is 12.5 Å². The highest BCUT2D eigenvalue weighted by atomic mass is 32.2. The summed E-state index contributed by atoms with van der Waals surface area (Å²) < 4.78 is 25.2. The number of rotatable bonds is 2. The second-order valence-corrected chi connectivity index (χ2v) is 7.11. The van der Waals surface area contributed by atoms with E-state index in [0.29, 0.717) is 12.1 Å². The van der Waals surface area contributed by atoms with E-state index in [4.69, 9.17) is 0 Å². The molecule has 3 amide bonds. The highest BCUT2D eigenvalue weighted by Gasteiger charge is 2.40. The van der Waals surface area contributed by atoms with Gasteiger partial charge in [-0.3, -0.25) is 14.0 Å². The molecule has 3 rings (SSSR count).